The molecular formula is C13H13F3N2O2. The molecule has 4 nitrogen and oxygen atoms in total. The van der Waals surface area contributed by atoms with Crippen molar-refractivity contribution in [3.63, 3.8) is 0 Å². The summed E-state index contributed by atoms with van der Waals surface area (Å²) in [5.74, 6) is 1.25. The number of terminal acetylenes is 1. The Morgan fingerprint density at radius 3 is 2.45 bits per heavy atom. The molecule has 1 aromatic rings. The molecule has 0 bridgehead atoms. The Morgan fingerprint density at radius 1 is 1.40 bits per heavy atom. The molecule has 0 aliphatic carbocycles. The zero-order chi connectivity index (χ0) is 15.6. The van der Waals surface area contributed by atoms with Gasteiger partial charge in [-0.2, -0.15) is 0 Å². The third-order valence-corrected chi connectivity index (χ3v) is 2.28. The number of hydrogen-bond acceptors (Lipinski definition) is 3. The van der Waals surface area contributed by atoms with Gasteiger partial charge in [-0.1, -0.05) is 5.92 Å². The lowest BCUT2D eigenvalue weighted by atomic mass is 10.1. The van der Waals surface area contributed by atoms with Crippen molar-refractivity contribution < 1.29 is 22.7 Å². The SMILES string of the molecule is C#CC(C)(C)NC(=O)c1ccc(OC(F)(F)F)c(N)c1. The number of nitrogens with two attached hydrogens (primary N) is 1. The molecule has 0 unspecified atom stereocenters. The molecule has 0 heterocycles. The fourth-order valence-corrected chi connectivity index (χ4v) is 1.30. The van der Waals surface area contributed by atoms with Crippen LogP contribution in [-0.4, -0.2) is 17.8 Å². The van der Waals surface area contributed by atoms with Crippen LogP contribution in [0.4, 0.5) is 18.9 Å². The molecule has 3 N–H and O–H groups in total. The Morgan fingerprint density at radius 2 is 2.00 bits per heavy atom. The van der Waals surface area contributed by atoms with Gasteiger partial charge in [0.05, 0.1) is 11.2 Å². The molecule has 1 amide bonds. The molecule has 0 atom stereocenters. The fourth-order valence-electron chi connectivity index (χ4n) is 1.30. The van der Waals surface area contributed by atoms with Gasteiger partial charge in [-0.05, 0) is 32.0 Å². The topological polar surface area (TPSA) is 64.3 Å². The van der Waals surface area contributed by atoms with Gasteiger partial charge in [-0.25, -0.2) is 0 Å². The number of carbonyl (C=O) groups is 1. The molecule has 0 aromatic heterocycles. The summed E-state index contributed by atoms with van der Waals surface area (Å²) in [4.78, 5) is 11.8. The van der Waals surface area contributed by atoms with Crippen molar-refractivity contribution in [1.82, 2.24) is 5.32 Å². The molecule has 0 spiro atoms. The Kier molecular flexibility index (Phi) is 4.18. The zero-order valence-electron chi connectivity index (χ0n) is 10.8. The molecule has 108 valence electrons. The number of anilines is 1. The minimum Gasteiger partial charge on any atom is -0.404 e. The largest absolute Gasteiger partial charge is 0.573 e. The van der Waals surface area contributed by atoms with E-state index in [1.54, 1.807) is 13.8 Å². The quantitative estimate of drug-likeness (QED) is 0.662. The highest BCUT2D eigenvalue weighted by Gasteiger charge is 2.32. The van der Waals surface area contributed by atoms with Gasteiger partial charge in [0.1, 0.15) is 0 Å². The summed E-state index contributed by atoms with van der Waals surface area (Å²) in [5.41, 5.74) is 4.32. The van der Waals surface area contributed by atoms with E-state index in [0.29, 0.717) is 0 Å². The number of hydrogen-bond donors (Lipinski definition) is 2. The van der Waals surface area contributed by atoms with Gasteiger partial charge in [0.15, 0.2) is 5.75 Å². The molecular weight excluding hydrogens is 273 g/mol. The van der Waals surface area contributed by atoms with Crippen molar-refractivity contribution >= 4 is 11.6 Å². The van der Waals surface area contributed by atoms with Crippen molar-refractivity contribution in [3.8, 4) is 18.1 Å². The predicted molar refractivity (Wildman–Crippen MR) is 67.9 cm³/mol. The number of alkyl halides is 3. The zero-order valence-corrected chi connectivity index (χ0v) is 10.8. The summed E-state index contributed by atoms with van der Waals surface area (Å²) >= 11 is 0. The lowest BCUT2D eigenvalue weighted by Crippen LogP contribution is -2.42. The molecule has 1 rings (SSSR count). The number of nitrogen functional groups attached to an aromatic ring is 1. The Labute approximate surface area is 114 Å². The van der Waals surface area contributed by atoms with Crippen LogP contribution in [-0.2, 0) is 0 Å². The van der Waals surface area contributed by atoms with Gasteiger partial charge in [-0.15, -0.1) is 19.6 Å². The maximum Gasteiger partial charge on any atom is 0.573 e. The Hall–Kier alpha value is -2.36. The summed E-state index contributed by atoms with van der Waals surface area (Å²) < 4.78 is 39.9. The van der Waals surface area contributed by atoms with Crippen LogP contribution in [0, 0.1) is 12.3 Å². The van der Waals surface area contributed by atoms with E-state index in [9.17, 15) is 18.0 Å². The summed E-state index contributed by atoms with van der Waals surface area (Å²) in [7, 11) is 0. The van der Waals surface area contributed by atoms with Crippen molar-refractivity contribution in [3.05, 3.63) is 23.8 Å². The predicted octanol–water partition coefficient (Wildman–Crippen LogP) is 2.31. The molecule has 0 saturated heterocycles. The highest BCUT2D eigenvalue weighted by molar-refractivity contribution is 5.96. The van der Waals surface area contributed by atoms with E-state index in [1.165, 1.54) is 6.07 Å². The molecule has 20 heavy (non-hydrogen) atoms. The summed E-state index contributed by atoms with van der Waals surface area (Å²) in [5, 5.41) is 2.52. The second kappa shape index (κ2) is 5.33. The van der Waals surface area contributed by atoms with E-state index in [1.807, 2.05) is 0 Å². The molecule has 1 aromatic carbocycles. The minimum absolute atomic E-state index is 0.0837. The maximum absolute atomic E-state index is 12.1. The van der Waals surface area contributed by atoms with Gasteiger partial charge in [0, 0.05) is 5.56 Å². The van der Waals surface area contributed by atoms with Gasteiger partial charge in [-0.3, -0.25) is 4.79 Å². The molecule has 0 radical (unpaired) electrons. The minimum atomic E-state index is -4.84. The number of carbonyl (C=O) groups excluding carboxylic acids is 1. The van der Waals surface area contributed by atoms with E-state index >= 15 is 0 Å². The van der Waals surface area contributed by atoms with E-state index in [-0.39, 0.29) is 11.3 Å². The highest BCUT2D eigenvalue weighted by atomic mass is 19.4. The van der Waals surface area contributed by atoms with Crippen molar-refractivity contribution in [1.29, 1.82) is 0 Å². The van der Waals surface area contributed by atoms with Crippen molar-refractivity contribution in [2.45, 2.75) is 25.7 Å². The molecule has 7 heteroatoms. The number of ether oxygens (including phenoxy) is 1. The molecule has 0 fully saturated rings. The van der Waals surface area contributed by atoms with Crippen LogP contribution < -0.4 is 15.8 Å². The lowest BCUT2D eigenvalue weighted by Gasteiger charge is -2.20. The monoisotopic (exact) mass is 286 g/mol. The fraction of sp³-hybridized carbons (Fsp3) is 0.308. The maximum atomic E-state index is 12.1. The van der Waals surface area contributed by atoms with Crippen LogP contribution in [0.5, 0.6) is 5.75 Å². The number of amides is 1. The summed E-state index contributed by atoms with van der Waals surface area (Å²) in [6.07, 6.45) is 0.378. The molecule has 0 aliphatic heterocycles. The first-order valence-corrected chi connectivity index (χ1v) is 5.49. The first kappa shape index (κ1) is 15.7. The van der Waals surface area contributed by atoms with E-state index < -0.39 is 23.6 Å². The van der Waals surface area contributed by atoms with Gasteiger partial charge in [0.2, 0.25) is 0 Å². The van der Waals surface area contributed by atoms with Crippen molar-refractivity contribution in [2.24, 2.45) is 0 Å². The second-order valence-electron chi connectivity index (χ2n) is 4.52. The van der Waals surface area contributed by atoms with Crippen LogP contribution in [0.15, 0.2) is 18.2 Å². The first-order valence-electron chi connectivity index (χ1n) is 5.49. The van der Waals surface area contributed by atoms with Gasteiger partial charge < -0.3 is 15.8 Å². The van der Waals surface area contributed by atoms with Crippen LogP contribution in [0.25, 0.3) is 0 Å². The third kappa shape index (κ3) is 4.39. The number of nitrogens with one attached hydrogen (secondary N) is 1. The Bertz CT molecular complexity index is 560. The van der Waals surface area contributed by atoms with Gasteiger partial charge in [0.25, 0.3) is 5.91 Å². The average molecular weight is 286 g/mol. The lowest BCUT2D eigenvalue weighted by molar-refractivity contribution is -0.274. The first-order chi connectivity index (χ1) is 9.04. The Balaban J connectivity index is 2.93. The van der Waals surface area contributed by atoms with Gasteiger partial charge >= 0.3 is 6.36 Å². The number of benzene rings is 1. The number of rotatable bonds is 3. The van der Waals surface area contributed by atoms with Crippen LogP contribution in [0.1, 0.15) is 24.2 Å². The van der Waals surface area contributed by atoms with Crippen molar-refractivity contribution in [2.75, 3.05) is 5.73 Å². The smallest absolute Gasteiger partial charge is 0.404 e. The van der Waals surface area contributed by atoms with E-state index in [2.05, 4.69) is 16.0 Å². The summed E-state index contributed by atoms with van der Waals surface area (Å²) in [6, 6.07) is 3.23. The van der Waals surface area contributed by atoms with E-state index in [0.717, 1.165) is 12.1 Å². The second-order valence-corrected chi connectivity index (χ2v) is 4.52. The molecule has 0 saturated carbocycles. The van der Waals surface area contributed by atoms with Crippen LogP contribution >= 0.6 is 0 Å². The average Bonchev–Trinajstić information content (AvgIpc) is 2.29. The van der Waals surface area contributed by atoms with E-state index in [4.69, 9.17) is 12.2 Å². The number of halogens is 3. The standard InChI is InChI=1S/C13H13F3N2O2/c1-4-12(2,3)18-11(19)8-5-6-10(9(17)7-8)20-13(14,15)16/h1,5-7H,17H2,2-3H3,(H,18,19). The van der Waals surface area contributed by atoms with Crippen LogP contribution in [0.3, 0.4) is 0 Å². The summed E-state index contributed by atoms with van der Waals surface area (Å²) in [6.45, 7) is 3.21. The highest BCUT2D eigenvalue weighted by Crippen LogP contribution is 2.29. The normalized spacial score (nSPS) is 11.6. The van der Waals surface area contributed by atoms with Crippen LogP contribution in [0.2, 0.25) is 0 Å². The third-order valence-electron chi connectivity index (χ3n) is 2.28. The molecule has 0 aliphatic rings.